The third-order valence-electron chi connectivity index (χ3n) is 2.82. The minimum absolute atomic E-state index is 0.0633. The van der Waals surface area contributed by atoms with Gasteiger partial charge in [-0.15, -0.1) is 11.8 Å². The van der Waals surface area contributed by atoms with Crippen molar-refractivity contribution in [3.63, 3.8) is 0 Å². The first-order valence-electron chi connectivity index (χ1n) is 4.39. The molecule has 0 saturated carbocycles. The van der Waals surface area contributed by atoms with Crippen molar-refractivity contribution in [1.29, 1.82) is 0 Å². The first-order valence-corrected chi connectivity index (χ1v) is 5.27. The van der Waals surface area contributed by atoms with Crippen LogP contribution in [0.4, 0.5) is 0 Å². The molecule has 13 heavy (non-hydrogen) atoms. The molecule has 2 aliphatic heterocycles. The molecule has 2 N–H and O–H groups in total. The molecule has 0 aromatic rings. The quantitative estimate of drug-likeness (QED) is 0.664. The third-order valence-corrected chi connectivity index (χ3v) is 4.54. The Labute approximate surface area is 80.8 Å². The lowest BCUT2D eigenvalue weighted by atomic mass is 9.82. The lowest BCUT2D eigenvalue weighted by Gasteiger charge is -2.27. The topological polar surface area (TPSA) is 57.5 Å². The highest BCUT2D eigenvalue weighted by Gasteiger charge is 2.52. The van der Waals surface area contributed by atoms with Crippen LogP contribution in [-0.4, -0.2) is 32.8 Å². The van der Waals surface area contributed by atoms with Crippen LogP contribution in [0.5, 0.6) is 0 Å². The molecule has 3 unspecified atom stereocenters. The first kappa shape index (κ1) is 9.09. The molecular formula is C9H12O3S. The second-order valence-corrected chi connectivity index (χ2v) is 5.17. The molecule has 72 valence electrons. The van der Waals surface area contributed by atoms with E-state index in [1.54, 1.807) is 11.8 Å². The van der Waals surface area contributed by atoms with Gasteiger partial charge in [-0.25, -0.2) is 0 Å². The van der Waals surface area contributed by atoms with Crippen LogP contribution in [0.3, 0.4) is 0 Å². The number of aliphatic hydroxyl groups excluding tert-OH is 1. The van der Waals surface area contributed by atoms with E-state index in [-0.39, 0.29) is 17.3 Å². The highest BCUT2D eigenvalue weighted by atomic mass is 32.2. The lowest BCUT2D eigenvalue weighted by Crippen LogP contribution is -2.35. The highest BCUT2D eigenvalue weighted by molar-refractivity contribution is 8.02. The van der Waals surface area contributed by atoms with Gasteiger partial charge in [0.25, 0.3) is 0 Å². The number of rotatable bonds is 3. The molecule has 3 atom stereocenters. The summed E-state index contributed by atoms with van der Waals surface area (Å²) in [6, 6.07) is 0. The van der Waals surface area contributed by atoms with E-state index >= 15 is 0 Å². The Kier molecular flexibility index (Phi) is 2.12. The van der Waals surface area contributed by atoms with Crippen LogP contribution in [0.1, 0.15) is 12.8 Å². The number of thioether (sulfide) groups is 1. The Morgan fingerprint density at radius 2 is 2.46 bits per heavy atom. The van der Waals surface area contributed by atoms with E-state index in [4.69, 9.17) is 10.2 Å². The summed E-state index contributed by atoms with van der Waals surface area (Å²) in [5.41, 5.74) is 0. The summed E-state index contributed by atoms with van der Waals surface area (Å²) >= 11 is 1.69. The zero-order valence-corrected chi connectivity index (χ0v) is 7.96. The standard InChI is InChI=1S/C9H12O3S/c10-4-3-9-2-1-6(13-9)5-7(9)8(11)12/h1-2,6-7,10H,3-5H2,(H,11,12). The van der Waals surface area contributed by atoms with E-state index in [2.05, 4.69) is 6.08 Å². The van der Waals surface area contributed by atoms with Crippen LogP contribution in [0.15, 0.2) is 12.2 Å². The summed E-state index contributed by atoms with van der Waals surface area (Å²) < 4.78 is -0.314. The van der Waals surface area contributed by atoms with Crippen LogP contribution in [0.2, 0.25) is 0 Å². The zero-order valence-electron chi connectivity index (χ0n) is 7.14. The van der Waals surface area contributed by atoms with Crippen LogP contribution in [-0.2, 0) is 4.79 Å². The van der Waals surface area contributed by atoms with Gasteiger partial charge in [-0.05, 0) is 12.8 Å². The van der Waals surface area contributed by atoms with E-state index in [0.717, 1.165) is 6.42 Å². The Morgan fingerprint density at radius 1 is 1.69 bits per heavy atom. The van der Waals surface area contributed by atoms with Crippen molar-refractivity contribution in [1.82, 2.24) is 0 Å². The zero-order chi connectivity index (χ0) is 9.47. The van der Waals surface area contributed by atoms with Gasteiger partial charge in [-0.3, -0.25) is 4.79 Å². The minimum atomic E-state index is -0.729. The van der Waals surface area contributed by atoms with E-state index in [0.29, 0.717) is 11.7 Å². The molecule has 1 saturated heterocycles. The van der Waals surface area contributed by atoms with Gasteiger partial charge in [0.1, 0.15) is 0 Å². The Morgan fingerprint density at radius 3 is 3.00 bits per heavy atom. The van der Waals surface area contributed by atoms with Crippen molar-refractivity contribution >= 4 is 17.7 Å². The number of hydrogen-bond donors (Lipinski definition) is 2. The third kappa shape index (κ3) is 1.28. The smallest absolute Gasteiger partial charge is 0.308 e. The van der Waals surface area contributed by atoms with E-state index in [1.165, 1.54) is 0 Å². The second kappa shape index (κ2) is 3.03. The van der Waals surface area contributed by atoms with Crippen LogP contribution in [0.25, 0.3) is 0 Å². The second-order valence-electron chi connectivity index (χ2n) is 3.57. The van der Waals surface area contributed by atoms with Crippen molar-refractivity contribution in [2.45, 2.75) is 22.8 Å². The number of aliphatic hydroxyl groups is 1. The van der Waals surface area contributed by atoms with Crippen LogP contribution < -0.4 is 0 Å². The summed E-state index contributed by atoms with van der Waals surface area (Å²) in [6.07, 6.45) is 5.32. The number of carboxylic acids is 1. The molecule has 0 radical (unpaired) electrons. The van der Waals surface area contributed by atoms with Crippen LogP contribution in [0, 0.1) is 5.92 Å². The van der Waals surface area contributed by atoms with E-state index in [9.17, 15) is 4.79 Å². The maximum Gasteiger partial charge on any atom is 0.308 e. The monoisotopic (exact) mass is 200 g/mol. The number of hydrogen-bond acceptors (Lipinski definition) is 3. The molecule has 0 amide bonds. The molecule has 4 heteroatoms. The van der Waals surface area contributed by atoms with Gasteiger partial charge in [-0.2, -0.15) is 0 Å². The first-order chi connectivity index (χ1) is 6.18. The molecule has 2 heterocycles. The van der Waals surface area contributed by atoms with Crippen molar-refractivity contribution < 1.29 is 15.0 Å². The van der Waals surface area contributed by atoms with Crippen molar-refractivity contribution in [2.75, 3.05) is 6.61 Å². The summed E-state index contributed by atoms with van der Waals surface area (Å²) in [5, 5.41) is 18.3. The molecule has 2 rings (SSSR count). The van der Waals surface area contributed by atoms with E-state index < -0.39 is 5.97 Å². The van der Waals surface area contributed by atoms with Gasteiger partial charge < -0.3 is 10.2 Å². The molecule has 2 aliphatic rings. The van der Waals surface area contributed by atoms with Gasteiger partial charge >= 0.3 is 5.97 Å². The van der Waals surface area contributed by atoms with Gasteiger partial charge in [0, 0.05) is 16.6 Å². The number of fused-ring (bicyclic) bond motifs is 2. The fourth-order valence-corrected chi connectivity index (χ4v) is 3.93. The molecule has 0 aromatic carbocycles. The SMILES string of the molecule is O=C(O)C1CC2C=CC1(CCO)S2. The average molecular weight is 200 g/mol. The molecule has 0 aliphatic carbocycles. The minimum Gasteiger partial charge on any atom is -0.481 e. The molecule has 1 fully saturated rings. The molecule has 3 nitrogen and oxygen atoms in total. The van der Waals surface area contributed by atoms with Gasteiger partial charge in [0.2, 0.25) is 0 Å². The van der Waals surface area contributed by atoms with Gasteiger partial charge in [0.15, 0.2) is 0 Å². The van der Waals surface area contributed by atoms with E-state index in [1.807, 2.05) is 6.08 Å². The Hall–Kier alpha value is -0.480. The summed E-state index contributed by atoms with van der Waals surface area (Å²) in [7, 11) is 0. The lowest BCUT2D eigenvalue weighted by molar-refractivity contribution is -0.142. The largest absolute Gasteiger partial charge is 0.481 e. The normalized spacial score (nSPS) is 41.3. The fraction of sp³-hybridized carbons (Fsp3) is 0.667. The summed E-state index contributed by atoms with van der Waals surface area (Å²) in [6.45, 7) is 0.0633. The number of carbonyl (C=O) groups is 1. The van der Waals surface area contributed by atoms with Crippen molar-refractivity contribution in [2.24, 2.45) is 5.92 Å². The fourth-order valence-electron chi connectivity index (χ4n) is 2.19. The number of carboxylic acid groups (broad SMARTS) is 1. The molecule has 0 spiro atoms. The Balaban J connectivity index is 2.23. The molecule has 2 bridgehead atoms. The molecular weight excluding hydrogens is 188 g/mol. The Bertz CT molecular complexity index is 264. The average Bonchev–Trinajstić information content (AvgIpc) is 2.60. The summed E-state index contributed by atoms with van der Waals surface area (Å²) in [4.78, 5) is 10.9. The summed E-state index contributed by atoms with van der Waals surface area (Å²) in [5.74, 6) is -1.03. The van der Waals surface area contributed by atoms with Crippen LogP contribution >= 0.6 is 11.8 Å². The molecule has 0 aromatic heterocycles. The maximum atomic E-state index is 10.9. The maximum absolute atomic E-state index is 10.9. The van der Waals surface area contributed by atoms with Gasteiger partial charge in [0.05, 0.1) is 5.92 Å². The van der Waals surface area contributed by atoms with Gasteiger partial charge in [-0.1, -0.05) is 12.2 Å². The van der Waals surface area contributed by atoms with Crippen molar-refractivity contribution in [3.05, 3.63) is 12.2 Å². The predicted octanol–water partition coefficient (Wildman–Crippen LogP) is 0.884. The highest BCUT2D eigenvalue weighted by Crippen LogP contribution is 2.55. The predicted molar refractivity (Wildman–Crippen MR) is 50.7 cm³/mol. The van der Waals surface area contributed by atoms with Crippen molar-refractivity contribution in [3.8, 4) is 0 Å². The number of aliphatic carboxylic acids is 1.